The van der Waals surface area contributed by atoms with Crippen molar-refractivity contribution >= 4 is 17.8 Å². The summed E-state index contributed by atoms with van der Waals surface area (Å²) >= 11 is 0. The molecule has 0 radical (unpaired) electrons. The number of carbonyl (C=O) groups excluding carboxylic acids is 1. The minimum Gasteiger partial charge on any atom is -0.476 e. The molecule has 1 rings (SSSR count). The average molecular weight is 414 g/mol. The molecule has 1 aromatic rings. The highest BCUT2D eigenvalue weighted by atomic mass is 16.4. The van der Waals surface area contributed by atoms with Gasteiger partial charge in [0.15, 0.2) is 0 Å². The number of aliphatic carboxylic acids is 1. The fourth-order valence-corrected chi connectivity index (χ4v) is 3.61. The van der Waals surface area contributed by atoms with E-state index in [1.54, 1.807) is 0 Å². The zero-order valence-electron chi connectivity index (χ0n) is 19.2. The molecule has 0 fully saturated rings. The van der Waals surface area contributed by atoms with Crippen LogP contribution in [0.1, 0.15) is 91.2 Å². The number of carboxylic acid groups (broad SMARTS) is 1. The van der Waals surface area contributed by atoms with Gasteiger partial charge in [-0.25, -0.2) is 4.79 Å². The van der Waals surface area contributed by atoms with Crippen molar-refractivity contribution in [3.05, 3.63) is 47.8 Å². The number of hydrogen-bond acceptors (Lipinski definition) is 3. The van der Waals surface area contributed by atoms with E-state index in [4.69, 9.17) is 5.11 Å². The van der Waals surface area contributed by atoms with Crippen LogP contribution in [0.4, 0.5) is 0 Å². The minimum absolute atomic E-state index is 0.123. The number of nitrogens with zero attached hydrogens (tertiary/aromatic N) is 1. The van der Waals surface area contributed by atoms with Crippen LogP contribution in [0.15, 0.2) is 42.1 Å². The number of carboxylic acids is 1. The van der Waals surface area contributed by atoms with E-state index in [0.29, 0.717) is 5.92 Å². The first-order valence-corrected chi connectivity index (χ1v) is 11.2. The highest BCUT2D eigenvalue weighted by Gasteiger charge is 2.25. The molecule has 1 heterocycles. The zero-order valence-corrected chi connectivity index (χ0v) is 19.2. The summed E-state index contributed by atoms with van der Waals surface area (Å²) in [7, 11) is 0. The number of aromatic nitrogens is 1. The van der Waals surface area contributed by atoms with Crippen LogP contribution < -0.4 is 0 Å². The van der Waals surface area contributed by atoms with Gasteiger partial charge in [-0.3, -0.25) is 9.78 Å². The first-order valence-electron chi connectivity index (χ1n) is 11.2. The molecule has 4 nitrogen and oxygen atoms in total. The summed E-state index contributed by atoms with van der Waals surface area (Å²) in [6, 6.07) is 5.93. The predicted molar refractivity (Wildman–Crippen MR) is 124 cm³/mol. The summed E-state index contributed by atoms with van der Waals surface area (Å²) in [6.07, 6.45) is 17.2. The molecule has 0 saturated carbocycles. The molecule has 1 atom stereocenters. The third kappa shape index (κ3) is 12.4. The van der Waals surface area contributed by atoms with Crippen LogP contribution in [0, 0.1) is 11.3 Å². The normalized spacial score (nSPS) is 13.5. The molecule has 0 spiro atoms. The number of unbranched alkanes of at least 4 members (excludes halogenated alkanes) is 1. The lowest BCUT2D eigenvalue weighted by Gasteiger charge is -2.23. The van der Waals surface area contributed by atoms with Crippen LogP contribution in [-0.2, 0) is 9.59 Å². The maximum atomic E-state index is 11.4. The summed E-state index contributed by atoms with van der Waals surface area (Å²) in [5.74, 6) is -1.34. The van der Waals surface area contributed by atoms with Gasteiger partial charge in [0, 0.05) is 12.6 Å². The van der Waals surface area contributed by atoms with E-state index in [-0.39, 0.29) is 11.8 Å². The molecule has 0 aromatic carbocycles. The van der Waals surface area contributed by atoms with Crippen LogP contribution in [0.25, 0.3) is 6.08 Å². The van der Waals surface area contributed by atoms with E-state index < -0.39 is 11.8 Å². The van der Waals surface area contributed by atoms with Gasteiger partial charge in [0.2, 0.25) is 5.78 Å². The van der Waals surface area contributed by atoms with Gasteiger partial charge >= 0.3 is 5.97 Å². The van der Waals surface area contributed by atoms with Crippen LogP contribution in [0.2, 0.25) is 0 Å². The monoisotopic (exact) mass is 413 g/mol. The van der Waals surface area contributed by atoms with Crippen molar-refractivity contribution in [2.75, 3.05) is 0 Å². The SMILES string of the molecule is CC(=CCCC=Cc1ccccn1)CCCC(C)CCCC(C)(C)CC(=O)C(=O)O. The summed E-state index contributed by atoms with van der Waals surface area (Å²) in [5.41, 5.74) is 2.23. The molecule has 30 heavy (non-hydrogen) atoms. The van der Waals surface area contributed by atoms with Crippen molar-refractivity contribution in [1.29, 1.82) is 0 Å². The molecule has 166 valence electrons. The van der Waals surface area contributed by atoms with E-state index in [0.717, 1.165) is 44.2 Å². The van der Waals surface area contributed by atoms with Crippen molar-refractivity contribution in [2.45, 2.75) is 85.5 Å². The molecule has 0 bridgehead atoms. The zero-order chi connectivity index (χ0) is 22.4. The molecule has 0 amide bonds. The van der Waals surface area contributed by atoms with Gasteiger partial charge in [0.1, 0.15) is 0 Å². The van der Waals surface area contributed by atoms with Gasteiger partial charge in [-0.2, -0.15) is 0 Å². The number of rotatable bonds is 15. The molecule has 1 aromatic heterocycles. The van der Waals surface area contributed by atoms with Gasteiger partial charge in [0.25, 0.3) is 0 Å². The Morgan fingerprint density at radius 1 is 1.17 bits per heavy atom. The fraction of sp³-hybridized carbons (Fsp3) is 0.577. The quantitative estimate of drug-likeness (QED) is 0.193. The Hall–Kier alpha value is -2.23. The largest absolute Gasteiger partial charge is 0.476 e. The molecule has 1 unspecified atom stereocenters. The molecule has 0 aliphatic rings. The first-order chi connectivity index (χ1) is 14.2. The Labute approximate surface area is 182 Å². The van der Waals surface area contributed by atoms with Gasteiger partial charge in [-0.1, -0.05) is 63.8 Å². The standard InChI is InChI=1S/C26H39NO3/c1-21(12-6-5-7-16-23-17-8-9-19-27-23)13-10-14-22(2)15-11-18-26(3,4)20-24(28)25(29)30/h7-9,12,16-17,19,22H,5-6,10-11,13-15,18,20H2,1-4H3,(H,29,30). The van der Waals surface area contributed by atoms with Crippen molar-refractivity contribution < 1.29 is 14.7 Å². The lowest BCUT2D eigenvalue weighted by atomic mass is 9.81. The molecule has 0 aliphatic carbocycles. The van der Waals surface area contributed by atoms with Gasteiger partial charge in [0.05, 0.1) is 5.69 Å². The third-order valence-corrected chi connectivity index (χ3v) is 5.50. The molecule has 4 heteroatoms. The maximum Gasteiger partial charge on any atom is 0.372 e. The Bertz CT molecular complexity index is 704. The average Bonchev–Trinajstić information content (AvgIpc) is 2.68. The van der Waals surface area contributed by atoms with Crippen LogP contribution in [0.3, 0.4) is 0 Å². The Balaban J connectivity index is 2.15. The second-order valence-electron chi connectivity index (χ2n) is 9.24. The Morgan fingerprint density at radius 3 is 2.57 bits per heavy atom. The second-order valence-corrected chi connectivity index (χ2v) is 9.24. The highest BCUT2D eigenvalue weighted by molar-refractivity contribution is 6.32. The summed E-state index contributed by atoms with van der Waals surface area (Å²) in [5, 5.41) is 8.77. The number of ketones is 1. The van der Waals surface area contributed by atoms with Gasteiger partial charge in [-0.05, 0) is 68.6 Å². The third-order valence-electron chi connectivity index (χ3n) is 5.50. The van der Waals surface area contributed by atoms with E-state index in [2.05, 4.69) is 37.1 Å². The molecule has 1 N–H and O–H groups in total. The van der Waals surface area contributed by atoms with Crippen LogP contribution in [0.5, 0.6) is 0 Å². The number of allylic oxidation sites excluding steroid dienone is 3. The van der Waals surface area contributed by atoms with Crippen molar-refractivity contribution in [3.63, 3.8) is 0 Å². The fourth-order valence-electron chi connectivity index (χ4n) is 3.61. The number of Topliss-reactive ketones (excluding diaryl/α,β-unsaturated/α-hetero) is 1. The first kappa shape index (κ1) is 25.8. The highest BCUT2D eigenvalue weighted by Crippen LogP contribution is 2.29. The smallest absolute Gasteiger partial charge is 0.372 e. The van der Waals surface area contributed by atoms with Crippen LogP contribution >= 0.6 is 0 Å². The minimum atomic E-state index is -1.32. The summed E-state index contributed by atoms with van der Waals surface area (Å²) in [6.45, 7) is 8.47. The van der Waals surface area contributed by atoms with Crippen molar-refractivity contribution in [3.8, 4) is 0 Å². The van der Waals surface area contributed by atoms with Gasteiger partial charge < -0.3 is 5.11 Å². The lowest BCUT2D eigenvalue weighted by molar-refractivity contribution is -0.150. The summed E-state index contributed by atoms with van der Waals surface area (Å²) in [4.78, 5) is 26.4. The van der Waals surface area contributed by atoms with Crippen molar-refractivity contribution in [2.24, 2.45) is 11.3 Å². The second kappa shape index (κ2) is 13.9. The predicted octanol–water partition coefficient (Wildman–Crippen LogP) is 6.87. The van der Waals surface area contributed by atoms with E-state index in [9.17, 15) is 9.59 Å². The number of hydrogen-bond donors (Lipinski definition) is 1. The maximum absolute atomic E-state index is 11.4. The van der Waals surface area contributed by atoms with E-state index in [1.165, 1.54) is 18.4 Å². The number of carbonyl (C=O) groups is 2. The topological polar surface area (TPSA) is 67.3 Å². The molecular formula is C26H39NO3. The van der Waals surface area contributed by atoms with Gasteiger partial charge in [-0.15, -0.1) is 0 Å². The lowest BCUT2D eigenvalue weighted by Crippen LogP contribution is -2.22. The summed E-state index contributed by atoms with van der Waals surface area (Å²) < 4.78 is 0. The van der Waals surface area contributed by atoms with E-state index in [1.807, 2.05) is 38.2 Å². The molecule has 0 saturated heterocycles. The Kier molecular flexibility index (Phi) is 12.0. The van der Waals surface area contributed by atoms with E-state index >= 15 is 0 Å². The van der Waals surface area contributed by atoms with Crippen molar-refractivity contribution in [1.82, 2.24) is 4.98 Å². The number of pyridine rings is 1. The van der Waals surface area contributed by atoms with Crippen LogP contribution in [-0.4, -0.2) is 21.8 Å². The Morgan fingerprint density at radius 2 is 1.90 bits per heavy atom. The molecular weight excluding hydrogens is 374 g/mol. The molecule has 0 aliphatic heterocycles.